The molecule has 0 radical (unpaired) electrons. The average molecular weight is 254 g/mol. The van der Waals surface area contributed by atoms with E-state index in [2.05, 4.69) is 5.32 Å². The molecule has 0 aromatic heterocycles. The molecule has 0 aliphatic carbocycles. The second-order valence-corrected chi connectivity index (χ2v) is 3.84. The summed E-state index contributed by atoms with van der Waals surface area (Å²) in [5.41, 5.74) is 7.41. The van der Waals surface area contributed by atoms with E-state index in [-0.39, 0.29) is 6.61 Å². The summed E-state index contributed by atoms with van der Waals surface area (Å²) >= 11 is 0. The Morgan fingerprint density at radius 3 is 2.83 bits per heavy atom. The summed E-state index contributed by atoms with van der Waals surface area (Å²) in [7, 11) is 0. The van der Waals surface area contributed by atoms with Crippen LogP contribution in [0.5, 0.6) is 5.75 Å². The number of aliphatic hydroxyl groups excluding tert-OH is 1. The third kappa shape index (κ3) is 5.75. The van der Waals surface area contributed by atoms with E-state index in [1.807, 2.05) is 19.1 Å². The molecular weight excluding hydrogens is 232 g/mol. The van der Waals surface area contributed by atoms with Crippen LogP contribution in [0.15, 0.2) is 18.2 Å². The van der Waals surface area contributed by atoms with E-state index in [0.29, 0.717) is 25.5 Å². The Hall–Kier alpha value is -1.46. The van der Waals surface area contributed by atoms with Crippen molar-refractivity contribution >= 4 is 11.4 Å². The predicted molar refractivity (Wildman–Crippen MR) is 73.0 cm³/mol. The molecule has 0 aliphatic heterocycles. The van der Waals surface area contributed by atoms with Gasteiger partial charge in [-0.3, -0.25) is 0 Å². The van der Waals surface area contributed by atoms with Crippen LogP contribution in [0.1, 0.15) is 13.3 Å². The molecule has 102 valence electrons. The minimum absolute atomic E-state index is 0.0698. The molecule has 0 spiro atoms. The second kappa shape index (κ2) is 8.60. The largest absolute Gasteiger partial charge is 0.494 e. The van der Waals surface area contributed by atoms with E-state index in [0.717, 1.165) is 24.4 Å². The minimum Gasteiger partial charge on any atom is -0.494 e. The van der Waals surface area contributed by atoms with Crippen LogP contribution in [-0.4, -0.2) is 38.1 Å². The zero-order valence-corrected chi connectivity index (χ0v) is 10.8. The van der Waals surface area contributed by atoms with Crippen molar-refractivity contribution in [3.05, 3.63) is 18.2 Å². The summed E-state index contributed by atoms with van der Waals surface area (Å²) in [5, 5.41) is 11.8. The summed E-state index contributed by atoms with van der Waals surface area (Å²) in [5.74, 6) is 0.775. The van der Waals surface area contributed by atoms with Crippen LogP contribution < -0.4 is 15.8 Å². The molecule has 0 amide bonds. The lowest BCUT2D eigenvalue weighted by atomic mass is 10.2. The number of nitrogen functional groups attached to an aromatic ring is 1. The van der Waals surface area contributed by atoms with Crippen LogP contribution in [0.3, 0.4) is 0 Å². The summed E-state index contributed by atoms with van der Waals surface area (Å²) < 4.78 is 10.6. The Balaban J connectivity index is 2.32. The van der Waals surface area contributed by atoms with E-state index < -0.39 is 0 Å². The third-order valence-electron chi connectivity index (χ3n) is 2.27. The average Bonchev–Trinajstić information content (AvgIpc) is 2.33. The highest BCUT2D eigenvalue weighted by atomic mass is 16.5. The molecule has 0 bridgehead atoms. The van der Waals surface area contributed by atoms with Crippen LogP contribution in [0.4, 0.5) is 11.4 Å². The number of aliphatic hydroxyl groups is 1. The van der Waals surface area contributed by atoms with E-state index in [1.165, 1.54) is 0 Å². The first-order valence-electron chi connectivity index (χ1n) is 6.22. The van der Waals surface area contributed by atoms with Crippen LogP contribution >= 0.6 is 0 Å². The van der Waals surface area contributed by atoms with E-state index in [9.17, 15) is 0 Å². The first-order valence-corrected chi connectivity index (χ1v) is 6.22. The summed E-state index contributed by atoms with van der Waals surface area (Å²) in [6.45, 7) is 4.45. The van der Waals surface area contributed by atoms with Crippen molar-refractivity contribution in [1.29, 1.82) is 0 Å². The minimum atomic E-state index is 0.0698. The van der Waals surface area contributed by atoms with Gasteiger partial charge in [0, 0.05) is 36.7 Å². The Morgan fingerprint density at radius 2 is 2.11 bits per heavy atom. The second-order valence-electron chi connectivity index (χ2n) is 3.84. The van der Waals surface area contributed by atoms with Crippen molar-refractivity contribution in [2.24, 2.45) is 0 Å². The number of ether oxygens (including phenoxy) is 2. The monoisotopic (exact) mass is 254 g/mol. The van der Waals surface area contributed by atoms with Gasteiger partial charge in [-0.05, 0) is 19.4 Å². The van der Waals surface area contributed by atoms with Crippen molar-refractivity contribution in [2.75, 3.05) is 44.0 Å². The van der Waals surface area contributed by atoms with E-state index >= 15 is 0 Å². The SMILES string of the molecule is CCOc1cc(N)cc(NCCCOCCO)c1. The van der Waals surface area contributed by atoms with Gasteiger partial charge in [0.2, 0.25) is 0 Å². The van der Waals surface area contributed by atoms with Crippen molar-refractivity contribution in [3.8, 4) is 5.75 Å². The van der Waals surface area contributed by atoms with Gasteiger partial charge in [0.25, 0.3) is 0 Å². The zero-order valence-electron chi connectivity index (χ0n) is 10.8. The highest BCUT2D eigenvalue weighted by Gasteiger charge is 1.99. The van der Waals surface area contributed by atoms with Crippen molar-refractivity contribution < 1.29 is 14.6 Å². The molecule has 0 unspecified atom stereocenters. The predicted octanol–water partition coefficient (Wildman–Crippen LogP) is 1.48. The topological polar surface area (TPSA) is 76.7 Å². The lowest BCUT2D eigenvalue weighted by Crippen LogP contribution is -2.08. The van der Waals surface area contributed by atoms with Gasteiger partial charge in [-0.15, -0.1) is 0 Å². The molecule has 0 atom stereocenters. The molecule has 5 heteroatoms. The number of hydrogen-bond donors (Lipinski definition) is 3. The van der Waals surface area contributed by atoms with Gasteiger partial charge in [-0.25, -0.2) is 0 Å². The Labute approximate surface area is 108 Å². The molecule has 4 N–H and O–H groups in total. The molecule has 1 aromatic rings. The Bertz CT molecular complexity index is 345. The van der Waals surface area contributed by atoms with Gasteiger partial charge in [0.05, 0.1) is 19.8 Å². The van der Waals surface area contributed by atoms with Gasteiger partial charge in [-0.2, -0.15) is 0 Å². The van der Waals surface area contributed by atoms with Gasteiger partial charge in [0.1, 0.15) is 5.75 Å². The molecule has 1 rings (SSSR count). The first kappa shape index (κ1) is 14.6. The fourth-order valence-corrected chi connectivity index (χ4v) is 1.55. The van der Waals surface area contributed by atoms with E-state index in [1.54, 1.807) is 6.07 Å². The van der Waals surface area contributed by atoms with Crippen molar-refractivity contribution in [1.82, 2.24) is 0 Å². The number of rotatable bonds is 9. The maximum Gasteiger partial charge on any atom is 0.123 e. The standard InChI is InChI=1S/C13H22N2O3/c1-2-18-13-9-11(14)8-12(10-13)15-4-3-6-17-7-5-16/h8-10,15-16H,2-7,14H2,1H3. The number of nitrogens with one attached hydrogen (secondary N) is 1. The molecule has 0 aliphatic rings. The Kier molecular flexibility index (Phi) is 6.98. The highest BCUT2D eigenvalue weighted by Crippen LogP contribution is 2.22. The van der Waals surface area contributed by atoms with Crippen LogP contribution in [-0.2, 0) is 4.74 Å². The fraction of sp³-hybridized carbons (Fsp3) is 0.538. The number of anilines is 2. The number of benzene rings is 1. The third-order valence-corrected chi connectivity index (χ3v) is 2.27. The molecule has 0 fully saturated rings. The molecule has 0 saturated heterocycles. The quantitative estimate of drug-likeness (QED) is 0.459. The maximum absolute atomic E-state index is 8.54. The van der Waals surface area contributed by atoms with Crippen LogP contribution in [0, 0.1) is 0 Å². The van der Waals surface area contributed by atoms with Gasteiger partial charge >= 0.3 is 0 Å². The van der Waals surface area contributed by atoms with Gasteiger partial charge in [-0.1, -0.05) is 0 Å². The summed E-state index contributed by atoms with van der Waals surface area (Å²) in [6, 6.07) is 5.60. The summed E-state index contributed by atoms with van der Waals surface area (Å²) in [4.78, 5) is 0. The number of hydrogen-bond acceptors (Lipinski definition) is 5. The number of nitrogens with two attached hydrogens (primary N) is 1. The molecule has 18 heavy (non-hydrogen) atoms. The fourth-order valence-electron chi connectivity index (χ4n) is 1.55. The first-order chi connectivity index (χ1) is 8.76. The maximum atomic E-state index is 8.54. The Morgan fingerprint density at radius 1 is 1.28 bits per heavy atom. The highest BCUT2D eigenvalue weighted by molar-refractivity contribution is 5.59. The normalized spacial score (nSPS) is 10.3. The van der Waals surface area contributed by atoms with E-state index in [4.69, 9.17) is 20.3 Å². The smallest absolute Gasteiger partial charge is 0.123 e. The molecule has 5 nitrogen and oxygen atoms in total. The molecule has 0 saturated carbocycles. The molecule has 1 aromatic carbocycles. The van der Waals surface area contributed by atoms with Crippen LogP contribution in [0.25, 0.3) is 0 Å². The lowest BCUT2D eigenvalue weighted by Gasteiger charge is -2.10. The molecular formula is C13H22N2O3. The van der Waals surface area contributed by atoms with Gasteiger partial charge < -0.3 is 25.6 Å². The summed E-state index contributed by atoms with van der Waals surface area (Å²) in [6.07, 6.45) is 0.874. The van der Waals surface area contributed by atoms with Crippen molar-refractivity contribution in [3.63, 3.8) is 0 Å². The van der Waals surface area contributed by atoms with Gasteiger partial charge in [0.15, 0.2) is 0 Å². The zero-order chi connectivity index (χ0) is 13.2. The van der Waals surface area contributed by atoms with Crippen LogP contribution in [0.2, 0.25) is 0 Å². The molecule has 0 heterocycles. The van der Waals surface area contributed by atoms with Crippen molar-refractivity contribution in [2.45, 2.75) is 13.3 Å². The lowest BCUT2D eigenvalue weighted by molar-refractivity contribution is 0.0922.